The first kappa shape index (κ1) is 13.9. The van der Waals surface area contributed by atoms with Crippen molar-refractivity contribution in [3.63, 3.8) is 0 Å². The van der Waals surface area contributed by atoms with Crippen LogP contribution in [0.1, 0.15) is 25.3 Å². The maximum Gasteiger partial charge on any atom is 0.410 e. The Morgan fingerprint density at radius 1 is 1.29 bits per heavy atom. The molecular weight excluding hydrogens is 268 g/mol. The van der Waals surface area contributed by atoms with Crippen LogP contribution < -0.4 is 0 Å². The van der Waals surface area contributed by atoms with Gasteiger partial charge in [0.15, 0.2) is 0 Å². The van der Waals surface area contributed by atoms with E-state index in [9.17, 15) is 9.59 Å². The maximum absolute atomic E-state index is 12.2. The standard InChI is InChI=1S/C16H20N2O3/c1-12-9-17(10-15(19)18(12)14-7-8-14)16(20)21-11-13-5-3-2-4-6-13/h2-6,12,14H,7-11H2,1H3/t12-/m0/s1. The van der Waals surface area contributed by atoms with Crippen molar-refractivity contribution in [3.8, 4) is 0 Å². The zero-order chi connectivity index (χ0) is 14.8. The molecule has 0 radical (unpaired) electrons. The van der Waals surface area contributed by atoms with E-state index in [4.69, 9.17) is 4.74 Å². The second-order valence-corrected chi connectivity index (χ2v) is 5.80. The molecule has 2 fully saturated rings. The first-order chi connectivity index (χ1) is 10.1. The molecule has 0 bridgehead atoms. The van der Waals surface area contributed by atoms with Crippen LogP contribution in [-0.4, -0.2) is 47.0 Å². The van der Waals surface area contributed by atoms with Crippen molar-refractivity contribution < 1.29 is 14.3 Å². The monoisotopic (exact) mass is 288 g/mol. The number of nitrogens with zero attached hydrogens (tertiary/aromatic N) is 2. The van der Waals surface area contributed by atoms with Crippen molar-refractivity contribution in [2.75, 3.05) is 13.1 Å². The van der Waals surface area contributed by atoms with E-state index in [0.29, 0.717) is 12.6 Å². The summed E-state index contributed by atoms with van der Waals surface area (Å²) >= 11 is 0. The molecule has 0 unspecified atom stereocenters. The lowest BCUT2D eigenvalue weighted by Gasteiger charge is -2.39. The SMILES string of the molecule is C[C@H]1CN(C(=O)OCc2ccccc2)CC(=O)N1C1CC1. The van der Waals surface area contributed by atoms with Gasteiger partial charge in [0.25, 0.3) is 0 Å². The van der Waals surface area contributed by atoms with Crippen LogP contribution in [0.15, 0.2) is 30.3 Å². The Balaban J connectivity index is 1.54. The number of ether oxygens (including phenoxy) is 1. The van der Waals surface area contributed by atoms with Crippen LogP contribution in [0, 0.1) is 0 Å². The first-order valence-corrected chi connectivity index (χ1v) is 7.42. The van der Waals surface area contributed by atoms with Gasteiger partial charge < -0.3 is 9.64 Å². The van der Waals surface area contributed by atoms with Gasteiger partial charge in [0.2, 0.25) is 5.91 Å². The molecule has 1 aromatic rings. The second-order valence-electron chi connectivity index (χ2n) is 5.80. The number of rotatable bonds is 3. The Morgan fingerprint density at radius 2 is 2.00 bits per heavy atom. The van der Waals surface area contributed by atoms with Crippen molar-refractivity contribution >= 4 is 12.0 Å². The van der Waals surface area contributed by atoms with Crippen molar-refractivity contribution in [2.24, 2.45) is 0 Å². The molecule has 112 valence electrons. The van der Waals surface area contributed by atoms with Gasteiger partial charge in [-0.15, -0.1) is 0 Å². The Hall–Kier alpha value is -2.04. The Labute approximate surface area is 124 Å². The van der Waals surface area contributed by atoms with Crippen molar-refractivity contribution in [3.05, 3.63) is 35.9 Å². The first-order valence-electron chi connectivity index (χ1n) is 7.42. The lowest BCUT2D eigenvalue weighted by molar-refractivity contribution is -0.139. The molecule has 21 heavy (non-hydrogen) atoms. The number of carbonyl (C=O) groups is 2. The van der Waals surface area contributed by atoms with Gasteiger partial charge >= 0.3 is 6.09 Å². The summed E-state index contributed by atoms with van der Waals surface area (Å²) in [6.07, 6.45) is 1.78. The van der Waals surface area contributed by atoms with Gasteiger partial charge in [-0.1, -0.05) is 30.3 Å². The highest BCUT2D eigenvalue weighted by molar-refractivity contribution is 5.84. The fourth-order valence-electron chi connectivity index (χ4n) is 2.83. The number of hydrogen-bond acceptors (Lipinski definition) is 3. The number of benzene rings is 1. The molecule has 5 nitrogen and oxygen atoms in total. The molecule has 0 aromatic heterocycles. The van der Waals surface area contributed by atoms with Gasteiger partial charge in [-0.05, 0) is 25.3 Å². The second kappa shape index (κ2) is 5.76. The van der Waals surface area contributed by atoms with E-state index in [-0.39, 0.29) is 25.1 Å². The summed E-state index contributed by atoms with van der Waals surface area (Å²) in [5.74, 6) is 0.0351. The van der Waals surface area contributed by atoms with Crippen LogP contribution in [0.4, 0.5) is 4.79 Å². The predicted molar refractivity (Wildman–Crippen MR) is 77.5 cm³/mol. The summed E-state index contributed by atoms with van der Waals surface area (Å²) in [4.78, 5) is 27.7. The third-order valence-electron chi connectivity index (χ3n) is 3.98. The molecule has 1 aliphatic heterocycles. The molecule has 0 N–H and O–H groups in total. The number of hydrogen-bond donors (Lipinski definition) is 0. The molecule has 5 heteroatoms. The fraction of sp³-hybridized carbons (Fsp3) is 0.500. The summed E-state index contributed by atoms with van der Waals surface area (Å²) in [6.45, 7) is 2.92. The van der Waals surface area contributed by atoms with Gasteiger partial charge in [0.1, 0.15) is 13.2 Å². The normalized spacial score (nSPS) is 22.3. The van der Waals surface area contributed by atoms with Crippen molar-refractivity contribution in [1.82, 2.24) is 9.80 Å². The average molecular weight is 288 g/mol. The van der Waals surface area contributed by atoms with Gasteiger partial charge in [-0.3, -0.25) is 9.69 Å². The molecule has 1 saturated carbocycles. The summed E-state index contributed by atoms with van der Waals surface area (Å²) in [7, 11) is 0. The fourth-order valence-corrected chi connectivity index (χ4v) is 2.83. The molecule has 1 atom stereocenters. The molecular formula is C16H20N2O3. The van der Waals surface area contributed by atoms with E-state index in [2.05, 4.69) is 0 Å². The Bertz CT molecular complexity index is 528. The van der Waals surface area contributed by atoms with E-state index in [1.54, 1.807) is 0 Å². The van der Waals surface area contributed by atoms with Crippen LogP contribution in [0.3, 0.4) is 0 Å². The Morgan fingerprint density at radius 3 is 2.62 bits per heavy atom. The molecule has 2 aliphatic rings. The molecule has 1 aliphatic carbocycles. The quantitative estimate of drug-likeness (QED) is 0.855. The average Bonchev–Trinajstić information content (AvgIpc) is 3.30. The van der Waals surface area contributed by atoms with E-state index in [1.165, 1.54) is 4.90 Å². The lowest BCUT2D eigenvalue weighted by Crippen LogP contribution is -2.57. The summed E-state index contributed by atoms with van der Waals surface area (Å²) in [5.41, 5.74) is 0.946. The van der Waals surface area contributed by atoms with Crippen molar-refractivity contribution in [1.29, 1.82) is 0 Å². The third-order valence-corrected chi connectivity index (χ3v) is 3.98. The number of piperazine rings is 1. The molecule has 0 spiro atoms. The van der Waals surface area contributed by atoms with E-state index < -0.39 is 6.09 Å². The van der Waals surface area contributed by atoms with Gasteiger partial charge in [-0.25, -0.2) is 4.79 Å². The van der Waals surface area contributed by atoms with Gasteiger partial charge in [0, 0.05) is 18.6 Å². The minimum Gasteiger partial charge on any atom is -0.445 e. The largest absolute Gasteiger partial charge is 0.445 e. The molecule has 1 saturated heterocycles. The van der Waals surface area contributed by atoms with Gasteiger partial charge in [-0.2, -0.15) is 0 Å². The van der Waals surface area contributed by atoms with E-state index >= 15 is 0 Å². The van der Waals surface area contributed by atoms with E-state index in [1.807, 2.05) is 42.2 Å². The molecule has 1 heterocycles. The van der Waals surface area contributed by atoms with Gasteiger partial charge in [0.05, 0.1) is 0 Å². The molecule has 3 rings (SSSR count). The predicted octanol–water partition coefficient (Wildman–Crippen LogP) is 2.02. The highest BCUT2D eigenvalue weighted by Crippen LogP contribution is 2.30. The maximum atomic E-state index is 12.2. The number of carbonyl (C=O) groups excluding carboxylic acids is 2. The van der Waals surface area contributed by atoms with Crippen LogP contribution in [-0.2, 0) is 16.1 Å². The topological polar surface area (TPSA) is 49.9 Å². The summed E-state index contributed by atoms with van der Waals surface area (Å²) in [5, 5.41) is 0. The zero-order valence-electron chi connectivity index (χ0n) is 12.2. The van der Waals surface area contributed by atoms with Crippen LogP contribution in [0.25, 0.3) is 0 Å². The van der Waals surface area contributed by atoms with Crippen LogP contribution in [0.5, 0.6) is 0 Å². The highest BCUT2D eigenvalue weighted by Gasteiger charge is 2.41. The molecule has 2 amide bonds. The zero-order valence-corrected chi connectivity index (χ0v) is 12.2. The summed E-state index contributed by atoms with van der Waals surface area (Å²) in [6, 6.07) is 10.0. The Kier molecular flexibility index (Phi) is 3.82. The van der Waals surface area contributed by atoms with Crippen molar-refractivity contribution in [2.45, 2.75) is 38.5 Å². The smallest absolute Gasteiger partial charge is 0.410 e. The minimum atomic E-state index is -0.408. The molecule has 1 aromatic carbocycles. The third kappa shape index (κ3) is 3.17. The van der Waals surface area contributed by atoms with Crippen LogP contribution >= 0.6 is 0 Å². The highest BCUT2D eigenvalue weighted by atomic mass is 16.6. The number of amides is 2. The minimum absolute atomic E-state index is 0.0351. The van der Waals surface area contributed by atoms with E-state index in [0.717, 1.165) is 18.4 Å². The lowest BCUT2D eigenvalue weighted by atomic mass is 10.2. The van der Waals surface area contributed by atoms with Crippen LogP contribution in [0.2, 0.25) is 0 Å². The summed E-state index contributed by atoms with van der Waals surface area (Å²) < 4.78 is 5.29.